The highest BCUT2D eigenvalue weighted by Gasteiger charge is 2.71. The Balaban J connectivity index is 1.12. The van der Waals surface area contributed by atoms with E-state index in [0.29, 0.717) is 44.0 Å². The Kier molecular flexibility index (Phi) is 21.7. The molecule has 0 heterocycles. The molecule has 1 aromatic rings. The zero-order valence-electron chi connectivity index (χ0n) is 37.7. The molecule has 6 atom stereocenters. The summed E-state index contributed by atoms with van der Waals surface area (Å²) < 4.78 is 113. The molecule has 0 spiro atoms. The smallest absolute Gasteiger partial charge is 0.426 e. The van der Waals surface area contributed by atoms with Crippen molar-refractivity contribution in [2.75, 3.05) is 64.7 Å². The number of fused-ring (bicyclic) bond motifs is 5. The highest BCUT2D eigenvalue weighted by Crippen LogP contribution is 2.62. The van der Waals surface area contributed by atoms with E-state index in [2.05, 4.69) is 80.2 Å². The van der Waals surface area contributed by atoms with Crippen molar-refractivity contribution >= 4 is 30.1 Å². The molecule has 1 aromatic carbocycles. The predicted octanol–water partition coefficient (Wildman–Crippen LogP) is 12.3. The van der Waals surface area contributed by atoms with Crippen molar-refractivity contribution in [3.8, 4) is 11.8 Å². The maximum atomic E-state index is 13.6. The second-order valence-corrected chi connectivity index (χ2v) is 21.7. The molecule has 62 heavy (non-hydrogen) atoms. The van der Waals surface area contributed by atoms with Crippen molar-refractivity contribution in [2.24, 2.45) is 17.3 Å². The number of halogens is 6. The second-order valence-electron chi connectivity index (χ2n) is 17.6. The van der Waals surface area contributed by atoms with Gasteiger partial charge in [-0.3, -0.25) is 0 Å². The normalized spacial score (nSPS) is 23.5. The van der Waals surface area contributed by atoms with E-state index in [4.69, 9.17) is 28.8 Å². The number of likely N-dealkylation sites (N-methyl/N-ethyl adjacent to an activating group) is 1. The molecule has 0 N–H and O–H groups in total. The fourth-order valence-corrected chi connectivity index (χ4v) is 13.1. The van der Waals surface area contributed by atoms with Crippen LogP contribution < -0.4 is 4.74 Å². The quantitative estimate of drug-likeness (QED) is 0.0201. The summed E-state index contributed by atoms with van der Waals surface area (Å²) in [5.74, 6) is 4.12. The van der Waals surface area contributed by atoms with Crippen molar-refractivity contribution < 1.29 is 54.6 Å². The third kappa shape index (κ3) is 14.2. The number of hydrogen-bond acceptors (Lipinski definition) is 11. The first-order chi connectivity index (χ1) is 29.4. The molecule has 3 aliphatic carbocycles. The Hall–Kier alpha value is -1.06. The number of aryl methyl sites for hydroxylation is 1. The summed E-state index contributed by atoms with van der Waals surface area (Å²) in [5.41, 5.74) is -1.47. The highest BCUT2D eigenvalue weighted by molar-refractivity contribution is 8.76. The third-order valence-corrected chi connectivity index (χ3v) is 17.1. The largest absolute Gasteiger partial charge is 0.492 e. The molecule has 0 aromatic heterocycles. The molecule has 3 aliphatic rings. The lowest BCUT2D eigenvalue weighted by Crippen LogP contribution is -2.58. The molecule has 0 amide bonds. The number of hydrogen-bond donors (Lipinski definition) is 0. The first-order valence-electron chi connectivity index (χ1n) is 22.4. The molecule has 0 saturated heterocycles. The second kappa shape index (κ2) is 25.2. The van der Waals surface area contributed by atoms with Crippen LogP contribution in [0.15, 0.2) is 18.2 Å². The zero-order valence-corrected chi connectivity index (χ0v) is 40.2. The first-order valence-corrected chi connectivity index (χ1v) is 26.0. The van der Waals surface area contributed by atoms with E-state index >= 15 is 0 Å². The van der Waals surface area contributed by atoms with Gasteiger partial charge in [-0.05, 0) is 146 Å². The first kappa shape index (κ1) is 53.6. The fraction of sp³-hybridized carbons (Fsp3) is 0.841. The Labute approximate surface area is 375 Å². The summed E-state index contributed by atoms with van der Waals surface area (Å²) in [5, 5.41) is 8.88. The van der Waals surface area contributed by atoms with Crippen LogP contribution in [0.5, 0.6) is 5.75 Å². The summed E-state index contributed by atoms with van der Waals surface area (Å²) in [4.78, 5) is 7.81. The van der Waals surface area contributed by atoms with E-state index in [0.717, 1.165) is 75.3 Å². The molecular formula is C44H70F6N3O6PS2. The minimum absolute atomic E-state index is 0.0377. The van der Waals surface area contributed by atoms with Crippen LogP contribution in [0.4, 0.5) is 26.3 Å². The molecule has 4 rings (SSSR count). The Morgan fingerprint density at radius 1 is 0.903 bits per heavy atom. The van der Waals surface area contributed by atoms with Crippen LogP contribution in [0.2, 0.25) is 0 Å². The van der Waals surface area contributed by atoms with Crippen molar-refractivity contribution in [2.45, 2.75) is 154 Å². The monoisotopic (exact) mass is 945 g/mol. The maximum Gasteiger partial charge on any atom is 0.426 e. The van der Waals surface area contributed by atoms with Gasteiger partial charge in [0.15, 0.2) is 0 Å². The molecule has 2 saturated carbocycles. The predicted molar refractivity (Wildman–Crippen MR) is 236 cm³/mol. The lowest BCUT2D eigenvalue weighted by Gasteiger charge is -2.50. The molecule has 2 fully saturated rings. The number of nitriles is 1. The third-order valence-electron chi connectivity index (χ3n) is 12.7. The lowest BCUT2D eigenvalue weighted by atomic mass is 9.55. The van der Waals surface area contributed by atoms with Crippen molar-refractivity contribution in [3.63, 3.8) is 0 Å². The Bertz CT molecular complexity index is 1500. The van der Waals surface area contributed by atoms with Crippen molar-refractivity contribution in [1.82, 2.24) is 9.57 Å². The molecule has 356 valence electrons. The summed E-state index contributed by atoms with van der Waals surface area (Å²) in [6.45, 7) is 14.4. The molecule has 1 unspecified atom stereocenters. The van der Waals surface area contributed by atoms with Gasteiger partial charge >= 0.3 is 12.4 Å². The van der Waals surface area contributed by atoms with Gasteiger partial charge in [0.1, 0.15) is 12.4 Å². The van der Waals surface area contributed by atoms with E-state index in [-0.39, 0.29) is 43.1 Å². The van der Waals surface area contributed by atoms with Crippen LogP contribution in [-0.4, -0.2) is 110 Å². The average Bonchev–Trinajstić information content (AvgIpc) is 3.54. The standard InChI is InChI=1S/C44H70F6N3O6PS2/c1-8-19-42(43(45,46)47,44(48,49)50)56-25-11-24-55-40-17-16-39-38-14-12-34-31-35(13-15-36(34)37(38)18-20-41(39,40)6)54-27-23-52(7)22-10-29-61-62-30-28-57-59-60(58-26-9-21-51)53(32(2)3)33(4)5/h13,15,31-33,37-40H,8-12,14,16-20,22-30H2,1-7H3/t37-,38-,39+,40+,41+,60?/m1/s1. The van der Waals surface area contributed by atoms with Gasteiger partial charge in [0.05, 0.1) is 38.4 Å². The summed E-state index contributed by atoms with van der Waals surface area (Å²) in [6, 6.07) is 9.09. The topological polar surface area (TPSA) is 85.6 Å². The average molecular weight is 946 g/mol. The van der Waals surface area contributed by atoms with E-state index < -0.39 is 39.5 Å². The summed E-state index contributed by atoms with van der Waals surface area (Å²) in [7, 11) is 4.29. The van der Waals surface area contributed by atoms with Gasteiger partial charge in [0.2, 0.25) is 0 Å². The van der Waals surface area contributed by atoms with Gasteiger partial charge in [0, 0.05) is 36.7 Å². The molecule has 9 nitrogen and oxygen atoms in total. The SMILES string of the molecule is CCCC(OCCCO[C@H]1CC[C@H]2[C@@H]3CCc4cc(OCCN(C)CCCSSCCOOP(OCCC#N)N(C(C)C)C(C)C)ccc4[C@H]3CC[C@]12C)(C(F)(F)F)C(F)(F)F. The molecule has 18 heteroatoms. The minimum atomic E-state index is -5.55. The number of ether oxygens (including phenoxy) is 3. The summed E-state index contributed by atoms with van der Waals surface area (Å²) >= 11 is 0. The number of alkyl halides is 6. The van der Waals surface area contributed by atoms with E-state index in [9.17, 15) is 26.3 Å². The van der Waals surface area contributed by atoms with Crippen molar-refractivity contribution in [1.29, 1.82) is 5.26 Å². The van der Waals surface area contributed by atoms with Gasteiger partial charge in [-0.1, -0.05) is 47.9 Å². The van der Waals surface area contributed by atoms with Gasteiger partial charge in [-0.2, -0.15) is 36.3 Å². The van der Waals surface area contributed by atoms with Gasteiger partial charge < -0.3 is 23.6 Å². The fourth-order valence-electron chi connectivity index (χ4n) is 9.80. The minimum Gasteiger partial charge on any atom is -0.492 e. The van der Waals surface area contributed by atoms with Gasteiger partial charge in [0.25, 0.3) is 14.1 Å². The van der Waals surface area contributed by atoms with Crippen LogP contribution >= 0.6 is 30.1 Å². The highest BCUT2D eigenvalue weighted by atomic mass is 33.1. The van der Waals surface area contributed by atoms with Gasteiger partial charge in [-0.25, -0.2) is 9.56 Å². The van der Waals surface area contributed by atoms with Crippen LogP contribution in [0, 0.1) is 28.6 Å². The Morgan fingerprint density at radius 2 is 1.63 bits per heavy atom. The maximum absolute atomic E-state index is 13.6. The molecule has 0 bridgehead atoms. The molecule has 0 radical (unpaired) electrons. The van der Waals surface area contributed by atoms with Crippen molar-refractivity contribution in [3.05, 3.63) is 29.3 Å². The molecular weight excluding hydrogens is 876 g/mol. The van der Waals surface area contributed by atoms with E-state index in [1.54, 1.807) is 10.8 Å². The van der Waals surface area contributed by atoms with Crippen LogP contribution in [0.1, 0.15) is 123 Å². The number of benzene rings is 1. The van der Waals surface area contributed by atoms with E-state index in [1.165, 1.54) is 18.1 Å². The zero-order chi connectivity index (χ0) is 45.6. The Morgan fingerprint density at radius 3 is 2.31 bits per heavy atom. The van der Waals surface area contributed by atoms with Gasteiger partial charge in [-0.15, -0.1) is 0 Å². The molecule has 0 aliphatic heterocycles. The van der Waals surface area contributed by atoms with Crippen LogP contribution in [-0.2, 0) is 30.0 Å². The van der Waals surface area contributed by atoms with Crippen LogP contribution in [0.3, 0.4) is 0 Å². The lowest BCUT2D eigenvalue weighted by molar-refractivity contribution is -0.383. The number of rotatable bonds is 28. The van der Waals surface area contributed by atoms with Crippen LogP contribution in [0.25, 0.3) is 0 Å². The van der Waals surface area contributed by atoms with E-state index in [1.807, 2.05) is 10.8 Å². The summed E-state index contributed by atoms with van der Waals surface area (Å²) in [6.07, 6.45) is -5.46. The number of nitrogens with zero attached hydrogens (tertiary/aromatic N) is 3.